The first-order valence-corrected chi connectivity index (χ1v) is 8.18. The fourth-order valence-corrected chi connectivity index (χ4v) is 3.05. The average molecular weight is 354 g/mol. The maximum Gasteiger partial charge on any atom is 0.269 e. The highest BCUT2D eigenvalue weighted by molar-refractivity contribution is 5.98. The van der Waals surface area contributed by atoms with Gasteiger partial charge in [0.25, 0.3) is 5.69 Å². The molecule has 134 valence electrons. The maximum atomic E-state index is 12.5. The molecular formula is C19H18N2O5. The minimum absolute atomic E-state index is 0.0108. The first kappa shape index (κ1) is 17.6. The van der Waals surface area contributed by atoms with E-state index in [0.29, 0.717) is 5.75 Å². The summed E-state index contributed by atoms with van der Waals surface area (Å²) in [5, 5.41) is 10.7. The summed E-state index contributed by atoms with van der Waals surface area (Å²) in [5.74, 6) is -0.00737. The van der Waals surface area contributed by atoms with Gasteiger partial charge in [-0.25, -0.2) is 0 Å². The molecule has 1 aliphatic heterocycles. The van der Waals surface area contributed by atoms with Crippen molar-refractivity contribution in [3.8, 4) is 5.75 Å². The van der Waals surface area contributed by atoms with Crippen LogP contribution in [-0.2, 0) is 16.1 Å². The second-order valence-corrected chi connectivity index (χ2v) is 6.18. The number of ether oxygens (including phenoxy) is 1. The van der Waals surface area contributed by atoms with Gasteiger partial charge in [0, 0.05) is 30.9 Å². The fourth-order valence-electron chi connectivity index (χ4n) is 3.05. The summed E-state index contributed by atoms with van der Waals surface area (Å²) in [4.78, 5) is 36.5. The van der Waals surface area contributed by atoms with Crippen molar-refractivity contribution in [2.75, 3.05) is 7.11 Å². The summed E-state index contributed by atoms with van der Waals surface area (Å²) < 4.78 is 5.10. The minimum atomic E-state index is -0.475. The molecule has 0 atom stereocenters. The number of piperidine rings is 1. The Morgan fingerprint density at radius 3 is 2.12 bits per heavy atom. The van der Waals surface area contributed by atoms with Crippen LogP contribution in [0.2, 0.25) is 0 Å². The van der Waals surface area contributed by atoms with Gasteiger partial charge in [0.1, 0.15) is 5.75 Å². The smallest absolute Gasteiger partial charge is 0.269 e. The molecular weight excluding hydrogens is 336 g/mol. The number of amides is 2. The van der Waals surface area contributed by atoms with Crippen molar-refractivity contribution < 1.29 is 19.2 Å². The van der Waals surface area contributed by atoms with Gasteiger partial charge in [-0.2, -0.15) is 0 Å². The maximum absolute atomic E-state index is 12.5. The number of carbonyl (C=O) groups is 2. The topological polar surface area (TPSA) is 89.8 Å². The van der Waals surface area contributed by atoms with Crippen LogP contribution in [0.4, 0.5) is 5.69 Å². The summed E-state index contributed by atoms with van der Waals surface area (Å²) in [6.45, 7) is 0.231. The molecule has 2 amide bonds. The van der Waals surface area contributed by atoms with Crippen LogP contribution in [0.1, 0.15) is 29.9 Å². The second kappa shape index (κ2) is 7.35. The highest BCUT2D eigenvalue weighted by Gasteiger charge is 2.33. The molecule has 1 aliphatic rings. The van der Waals surface area contributed by atoms with E-state index in [1.807, 2.05) is 12.1 Å². The number of imide groups is 1. The van der Waals surface area contributed by atoms with Crippen molar-refractivity contribution in [1.82, 2.24) is 4.90 Å². The quantitative estimate of drug-likeness (QED) is 0.468. The van der Waals surface area contributed by atoms with Crippen molar-refractivity contribution in [3.05, 3.63) is 69.8 Å². The lowest BCUT2D eigenvalue weighted by Crippen LogP contribution is -2.42. The number of hydrogen-bond acceptors (Lipinski definition) is 5. The van der Waals surface area contributed by atoms with E-state index < -0.39 is 4.92 Å². The Kier molecular flexibility index (Phi) is 4.97. The zero-order valence-corrected chi connectivity index (χ0v) is 14.3. The molecule has 7 heteroatoms. The molecule has 0 radical (unpaired) electrons. The third-order valence-electron chi connectivity index (χ3n) is 4.52. The van der Waals surface area contributed by atoms with Gasteiger partial charge in [0.2, 0.25) is 11.8 Å². The molecule has 0 spiro atoms. The molecule has 1 saturated heterocycles. The summed E-state index contributed by atoms with van der Waals surface area (Å²) in [6.07, 6.45) is 0.416. The Morgan fingerprint density at radius 1 is 1.04 bits per heavy atom. The van der Waals surface area contributed by atoms with Gasteiger partial charge < -0.3 is 4.74 Å². The average Bonchev–Trinajstić information content (AvgIpc) is 2.65. The van der Waals surface area contributed by atoms with Gasteiger partial charge in [-0.05, 0) is 23.3 Å². The molecule has 0 bridgehead atoms. The highest BCUT2D eigenvalue weighted by atomic mass is 16.6. The largest absolute Gasteiger partial charge is 0.497 e. The van der Waals surface area contributed by atoms with Gasteiger partial charge in [-0.15, -0.1) is 0 Å². The lowest BCUT2D eigenvalue weighted by Gasteiger charge is -2.30. The number of carbonyl (C=O) groups excluding carboxylic acids is 2. The van der Waals surface area contributed by atoms with E-state index in [4.69, 9.17) is 4.74 Å². The standard InChI is InChI=1S/C19H18N2O5/c1-26-17-8-2-13(3-9-17)12-20-18(22)10-15(11-19(20)23)14-4-6-16(7-5-14)21(24)25/h2-9,15H,10-12H2,1H3. The van der Waals surface area contributed by atoms with E-state index in [2.05, 4.69) is 0 Å². The monoisotopic (exact) mass is 354 g/mol. The van der Waals surface area contributed by atoms with E-state index in [1.54, 1.807) is 31.4 Å². The normalized spacial score (nSPS) is 15.2. The zero-order chi connectivity index (χ0) is 18.7. The van der Waals surface area contributed by atoms with E-state index in [9.17, 15) is 19.7 Å². The molecule has 0 N–H and O–H groups in total. The van der Waals surface area contributed by atoms with Crippen LogP contribution in [-0.4, -0.2) is 28.7 Å². The van der Waals surface area contributed by atoms with Crippen LogP contribution in [0, 0.1) is 10.1 Å². The fraction of sp³-hybridized carbons (Fsp3) is 0.263. The van der Waals surface area contributed by atoms with Crippen molar-refractivity contribution in [1.29, 1.82) is 0 Å². The lowest BCUT2D eigenvalue weighted by molar-refractivity contribution is -0.384. The summed E-state index contributed by atoms with van der Waals surface area (Å²) in [6, 6.07) is 13.2. The molecule has 7 nitrogen and oxygen atoms in total. The molecule has 0 aliphatic carbocycles. The van der Waals surface area contributed by atoms with E-state index >= 15 is 0 Å². The van der Waals surface area contributed by atoms with Crippen molar-refractivity contribution in [3.63, 3.8) is 0 Å². The Morgan fingerprint density at radius 2 is 1.62 bits per heavy atom. The van der Waals surface area contributed by atoms with Crippen LogP contribution in [0.15, 0.2) is 48.5 Å². The summed E-state index contributed by atoms with van der Waals surface area (Å²) >= 11 is 0. The number of likely N-dealkylation sites (tertiary alicyclic amines) is 1. The molecule has 26 heavy (non-hydrogen) atoms. The van der Waals surface area contributed by atoms with Gasteiger partial charge in [0.05, 0.1) is 18.6 Å². The molecule has 0 aromatic heterocycles. The third kappa shape index (κ3) is 3.72. The van der Waals surface area contributed by atoms with Crippen LogP contribution >= 0.6 is 0 Å². The predicted octanol–water partition coefficient (Wildman–Crippen LogP) is 3.04. The Balaban J connectivity index is 1.69. The number of nitro benzene ring substituents is 1. The van der Waals surface area contributed by atoms with Crippen LogP contribution in [0.5, 0.6) is 5.75 Å². The summed E-state index contributed by atoms with van der Waals surface area (Å²) in [7, 11) is 1.57. The van der Waals surface area contributed by atoms with Gasteiger partial charge >= 0.3 is 0 Å². The molecule has 1 heterocycles. The SMILES string of the molecule is COc1ccc(CN2C(=O)CC(c3ccc([N+](=O)[O-])cc3)CC2=O)cc1. The molecule has 0 saturated carbocycles. The van der Waals surface area contributed by atoms with Gasteiger partial charge in [-0.3, -0.25) is 24.6 Å². The number of benzene rings is 2. The minimum Gasteiger partial charge on any atom is -0.497 e. The molecule has 0 unspecified atom stereocenters. The van der Waals surface area contributed by atoms with E-state index in [0.717, 1.165) is 11.1 Å². The Bertz CT molecular complexity index is 812. The van der Waals surface area contributed by atoms with Crippen molar-refractivity contribution >= 4 is 17.5 Å². The lowest BCUT2D eigenvalue weighted by atomic mass is 9.88. The van der Waals surface area contributed by atoms with E-state index in [1.165, 1.54) is 17.0 Å². The Hall–Kier alpha value is -3.22. The van der Waals surface area contributed by atoms with Crippen molar-refractivity contribution in [2.24, 2.45) is 0 Å². The number of methoxy groups -OCH3 is 1. The van der Waals surface area contributed by atoms with Crippen LogP contribution < -0.4 is 4.74 Å². The number of nitrogens with zero attached hydrogens (tertiary/aromatic N) is 2. The second-order valence-electron chi connectivity index (χ2n) is 6.18. The number of non-ortho nitro benzene ring substituents is 1. The molecule has 2 aromatic carbocycles. The zero-order valence-electron chi connectivity index (χ0n) is 14.3. The number of hydrogen-bond donors (Lipinski definition) is 0. The molecule has 2 aromatic rings. The van der Waals surface area contributed by atoms with Gasteiger partial charge in [-0.1, -0.05) is 24.3 Å². The number of nitro groups is 1. The molecule has 3 rings (SSSR count). The van der Waals surface area contributed by atoms with E-state index in [-0.39, 0.29) is 42.8 Å². The predicted molar refractivity (Wildman–Crippen MR) is 93.6 cm³/mol. The first-order valence-electron chi connectivity index (χ1n) is 8.18. The summed E-state index contributed by atoms with van der Waals surface area (Å²) in [5.41, 5.74) is 1.60. The highest BCUT2D eigenvalue weighted by Crippen LogP contribution is 2.31. The molecule has 1 fully saturated rings. The Labute approximate surface area is 150 Å². The van der Waals surface area contributed by atoms with Gasteiger partial charge in [0.15, 0.2) is 0 Å². The third-order valence-corrected chi connectivity index (χ3v) is 4.52. The van der Waals surface area contributed by atoms with Crippen molar-refractivity contribution in [2.45, 2.75) is 25.3 Å². The number of rotatable bonds is 5. The van der Waals surface area contributed by atoms with Crippen LogP contribution in [0.3, 0.4) is 0 Å². The van der Waals surface area contributed by atoms with Crippen LogP contribution in [0.25, 0.3) is 0 Å². The first-order chi connectivity index (χ1) is 12.5.